The molecule has 0 aliphatic rings. The highest BCUT2D eigenvalue weighted by atomic mass is 35.5. The van der Waals surface area contributed by atoms with Crippen LogP contribution in [0.3, 0.4) is 0 Å². The summed E-state index contributed by atoms with van der Waals surface area (Å²) in [6, 6.07) is 17.5. The number of rotatable bonds is 6. The van der Waals surface area contributed by atoms with Crippen molar-refractivity contribution >= 4 is 24.2 Å². The molecule has 2 aromatic carbocycles. The fraction of sp³-hybridized carbons (Fsp3) is 0.333. The third-order valence-corrected chi connectivity index (χ3v) is 4.93. The molecule has 0 bridgehead atoms. The summed E-state index contributed by atoms with van der Waals surface area (Å²) in [5, 5.41) is 3.77. The Balaban J connectivity index is 0.00000220. The summed E-state index contributed by atoms with van der Waals surface area (Å²) in [4.78, 5) is 1.40. The van der Waals surface area contributed by atoms with Crippen molar-refractivity contribution in [2.24, 2.45) is 0 Å². The van der Waals surface area contributed by atoms with Gasteiger partial charge in [-0.25, -0.2) is 0 Å². The Hall–Kier alpha value is -0.960. The van der Waals surface area contributed by atoms with Gasteiger partial charge in [-0.1, -0.05) is 48.0 Å². The second-order valence-electron chi connectivity index (χ2n) is 5.18. The van der Waals surface area contributed by atoms with Crippen LogP contribution in [-0.4, -0.2) is 13.6 Å². The Morgan fingerprint density at radius 2 is 1.76 bits per heavy atom. The van der Waals surface area contributed by atoms with Crippen LogP contribution in [0.4, 0.5) is 0 Å². The van der Waals surface area contributed by atoms with Gasteiger partial charge in [-0.15, -0.1) is 24.2 Å². The van der Waals surface area contributed by atoms with E-state index in [0.29, 0.717) is 5.25 Å². The molecule has 114 valence electrons. The van der Waals surface area contributed by atoms with E-state index in [1.807, 2.05) is 18.8 Å². The molecular formula is C18H24ClNS. The van der Waals surface area contributed by atoms with Crippen LogP contribution in [0.15, 0.2) is 53.4 Å². The number of hydrogen-bond donors (Lipinski definition) is 1. The fourth-order valence-corrected chi connectivity index (χ4v) is 3.57. The molecule has 0 amide bonds. The van der Waals surface area contributed by atoms with Gasteiger partial charge in [0.1, 0.15) is 0 Å². The highest BCUT2D eigenvalue weighted by Gasteiger charge is 2.13. The minimum Gasteiger partial charge on any atom is -0.320 e. The third-order valence-electron chi connectivity index (χ3n) is 3.44. The predicted molar refractivity (Wildman–Crippen MR) is 96.7 cm³/mol. The summed E-state index contributed by atoms with van der Waals surface area (Å²) in [7, 11) is 2.02. The Morgan fingerprint density at radius 3 is 2.43 bits per heavy atom. The van der Waals surface area contributed by atoms with Gasteiger partial charge in [0.2, 0.25) is 0 Å². The Bertz CT molecular complexity index is 542. The minimum atomic E-state index is 0. The van der Waals surface area contributed by atoms with Crippen molar-refractivity contribution in [2.45, 2.75) is 30.4 Å². The maximum absolute atomic E-state index is 3.27. The zero-order chi connectivity index (χ0) is 14.4. The molecule has 0 heterocycles. The monoisotopic (exact) mass is 321 g/mol. The molecule has 0 saturated carbocycles. The number of thioether (sulfide) groups is 1. The molecule has 1 N–H and O–H groups in total. The van der Waals surface area contributed by atoms with E-state index in [4.69, 9.17) is 0 Å². The Kier molecular flexibility index (Phi) is 7.87. The zero-order valence-electron chi connectivity index (χ0n) is 12.9. The van der Waals surface area contributed by atoms with Crippen LogP contribution in [0.1, 0.15) is 28.4 Å². The predicted octanol–water partition coefficient (Wildman–Crippen LogP) is 5.17. The van der Waals surface area contributed by atoms with Gasteiger partial charge in [0, 0.05) is 10.1 Å². The van der Waals surface area contributed by atoms with Crippen molar-refractivity contribution in [3.63, 3.8) is 0 Å². The van der Waals surface area contributed by atoms with E-state index in [2.05, 4.69) is 67.7 Å². The van der Waals surface area contributed by atoms with E-state index in [1.54, 1.807) is 0 Å². The van der Waals surface area contributed by atoms with E-state index < -0.39 is 0 Å². The first-order chi connectivity index (χ1) is 9.70. The summed E-state index contributed by atoms with van der Waals surface area (Å²) in [5.41, 5.74) is 4.11. The molecule has 0 aliphatic heterocycles. The van der Waals surface area contributed by atoms with Crippen LogP contribution >= 0.6 is 24.2 Å². The average molecular weight is 322 g/mol. The van der Waals surface area contributed by atoms with Crippen molar-refractivity contribution in [3.05, 3.63) is 65.2 Å². The summed E-state index contributed by atoms with van der Waals surface area (Å²) in [5.74, 6) is 0. The number of aryl methyl sites for hydroxylation is 2. The molecule has 2 aromatic rings. The molecule has 3 heteroatoms. The van der Waals surface area contributed by atoms with Gasteiger partial charge in [0.15, 0.2) is 0 Å². The van der Waals surface area contributed by atoms with Crippen molar-refractivity contribution in [3.8, 4) is 0 Å². The standard InChI is InChI=1S/C18H23NS.ClH/c1-14-9-10-15(2)18(13-14)20-17(11-12-19-3)16-7-5-4-6-8-16;/h4-10,13,17,19H,11-12H2,1-3H3;1H. The molecule has 1 atom stereocenters. The molecule has 0 spiro atoms. The number of halogens is 1. The van der Waals surface area contributed by atoms with E-state index in [9.17, 15) is 0 Å². The van der Waals surface area contributed by atoms with E-state index in [-0.39, 0.29) is 12.4 Å². The highest BCUT2D eigenvalue weighted by Crippen LogP contribution is 2.39. The molecule has 0 fully saturated rings. The number of nitrogens with one attached hydrogen (secondary N) is 1. The van der Waals surface area contributed by atoms with Crippen molar-refractivity contribution in [1.82, 2.24) is 5.32 Å². The minimum absolute atomic E-state index is 0. The molecule has 0 radical (unpaired) electrons. The quantitative estimate of drug-likeness (QED) is 0.737. The van der Waals surface area contributed by atoms with Gasteiger partial charge in [0.05, 0.1) is 0 Å². The Labute approximate surface area is 139 Å². The van der Waals surface area contributed by atoms with E-state index >= 15 is 0 Å². The van der Waals surface area contributed by atoms with Crippen LogP contribution in [0, 0.1) is 13.8 Å². The number of hydrogen-bond acceptors (Lipinski definition) is 2. The molecule has 0 saturated heterocycles. The van der Waals surface area contributed by atoms with Crippen molar-refractivity contribution < 1.29 is 0 Å². The van der Waals surface area contributed by atoms with Gasteiger partial charge in [0.25, 0.3) is 0 Å². The van der Waals surface area contributed by atoms with Crippen molar-refractivity contribution in [1.29, 1.82) is 0 Å². The second kappa shape index (κ2) is 9.14. The molecular weight excluding hydrogens is 298 g/mol. The first-order valence-corrected chi connectivity index (χ1v) is 8.02. The van der Waals surface area contributed by atoms with Gasteiger partial charge in [-0.2, -0.15) is 0 Å². The lowest BCUT2D eigenvalue weighted by Crippen LogP contribution is -2.10. The topological polar surface area (TPSA) is 12.0 Å². The summed E-state index contributed by atoms with van der Waals surface area (Å²) in [6.07, 6.45) is 1.14. The third kappa shape index (κ3) is 5.39. The van der Waals surface area contributed by atoms with Crippen LogP contribution in [0.2, 0.25) is 0 Å². The largest absolute Gasteiger partial charge is 0.320 e. The average Bonchev–Trinajstić information content (AvgIpc) is 2.48. The summed E-state index contributed by atoms with van der Waals surface area (Å²) >= 11 is 1.98. The number of benzene rings is 2. The summed E-state index contributed by atoms with van der Waals surface area (Å²) in [6.45, 7) is 5.40. The molecule has 0 aromatic heterocycles. The lowest BCUT2D eigenvalue weighted by molar-refractivity contribution is 0.714. The van der Waals surface area contributed by atoms with E-state index in [1.165, 1.54) is 21.6 Å². The molecule has 0 aliphatic carbocycles. The van der Waals surface area contributed by atoms with Crippen LogP contribution in [-0.2, 0) is 0 Å². The van der Waals surface area contributed by atoms with Crippen LogP contribution < -0.4 is 5.32 Å². The van der Waals surface area contributed by atoms with Gasteiger partial charge >= 0.3 is 0 Å². The zero-order valence-corrected chi connectivity index (χ0v) is 14.6. The molecule has 1 nitrogen and oxygen atoms in total. The second-order valence-corrected chi connectivity index (χ2v) is 6.42. The molecule has 2 rings (SSSR count). The lowest BCUT2D eigenvalue weighted by atomic mass is 10.1. The van der Waals surface area contributed by atoms with Gasteiger partial charge < -0.3 is 5.32 Å². The molecule has 1 unspecified atom stereocenters. The fourth-order valence-electron chi connectivity index (χ4n) is 2.22. The van der Waals surface area contributed by atoms with E-state index in [0.717, 1.165) is 13.0 Å². The van der Waals surface area contributed by atoms with Gasteiger partial charge in [-0.3, -0.25) is 0 Å². The lowest BCUT2D eigenvalue weighted by Gasteiger charge is -2.18. The van der Waals surface area contributed by atoms with Crippen LogP contribution in [0.5, 0.6) is 0 Å². The van der Waals surface area contributed by atoms with Crippen LogP contribution in [0.25, 0.3) is 0 Å². The smallest absolute Gasteiger partial charge is 0.0356 e. The first-order valence-electron chi connectivity index (χ1n) is 7.14. The molecule has 21 heavy (non-hydrogen) atoms. The van der Waals surface area contributed by atoms with Gasteiger partial charge in [-0.05, 0) is 51.1 Å². The Morgan fingerprint density at radius 1 is 1.05 bits per heavy atom. The normalized spacial score (nSPS) is 11.8. The summed E-state index contributed by atoms with van der Waals surface area (Å²) < 4.78 is 0. The highest BCUT2D eigenvalue weighted by molar-refractivity contribution is 7.99. The maximum atomic E-state index is 3.27. The SMILES string of the molecule is CNCCC(Sc1cc(C)ccc1C)c1ccccc1.Cl. The maximum Gasteiger partial charge on any atom is 0.0356 e. The van der Waals surface area contributed by atoms with Crippen molar-refractivity contribution in [2.75, 3.05) is 13.6 Å². The first kappa shape index (κ1) is 18.1.